The van der Waals surface area contributed by atoms with E-state index in [9.17, 15) is 14.9 Å². The van der Waals surface area contributed by atoms with E-state index in [1.807, 2.05) is 0 Å². The average Bonchev–Trinajstić information content (AvgIpc) is 2.47. The van der Waals surface area contributed by atoms with Crippen LogP contribution in [0.5, 0.6) is 0 Å². The van der Waals surface area contributed by atoms with Crippen LogP contribution in [0.15, 0.2) is 12.3 Å². The van der Waals surface area contributed by atoms with Crippen molar-refractivity contribution >= 4 is 23.2 Å². The Labute approximate surface area is 121 Å². The number of piperidine rings is 1. The van der Waals surface area contributed by atoms with Crippen LogP contribution in [0.1, 0.15) is 36.5 Å². The lowest BCUT2D eigenvalue weighted by atomic mass is 9.94. The van der Waals surface area contributed by atoms with Crippen molar-refractivity contribution < 1.29 is 9.72 Å². The molecule has 7 heteroatoms. The zero-order valence-corrected chi connectivity index (χ0v) is 12.0. The Balaban J connectivity index is 2.17. The van der Waals surface area contributed by atoms with E-state index in [-0.39, 0.29) is 22.3 Å². The molecule has 1 amide bonds. The normalized spacial score (nSPS) is 16.2. The number of hydrogen-bond acceptors (Lipinski definition) is 4. The lowest BCUT2D eigenvalue weighted by molar-refractivity contribution is -0.385. The van der Waals surface area contributed by atoms with Crippen molar-refractivity contribution in [2.24, 2.45) is 5.92 Å². The maximum atomic E-state index is 12.4. The molecule has 1 aromatic rings. The number of hydrogen-bond donors (Lipinski definition) is 0. The molecule has 2 heterocycles. The van der Waals surface area contributed by atoms with Gasteiger partial charge in [-0.15, -0.1) is 0 Å². The number of carbonyl (C=O) groups is 1. The molecule has 1 fully saturated rings. The molecule has 0 unspecified atom stereocenters. The molecule has 0 atom stereocenters. The molecule has 2 rings (SSSR count). The van der Waals surface area contributed by atoms with Crippen molar-refractivity contribution in [1.29, 1.82) is 0 Å². The Hall–Kier alpha value is -1.69. The lowest BCUT2D eigenvalue weighted by Crippen LogP contribution is -2.38. The predicted molar refractivity (Wildman–Crippen MR) is 74.8 cm³/mol. The fraction of sp³-hybridized carbons (Fsp3) is 0.538. The first kappa shape index (κ1) is 14.7. The Morgan fingerprint density at radius 3 is 2.75 bits per heavy atom. The quantitative estimate of drug-likeness (QED) is 0.488. The zero-order valence-electron chi connectivity index (χ0n) is 11.2. The molecule has 108 valence electrons. The van der Waals surface area contributed by atoms with Crippen molar-refractivity contribution in [2.75, 3.05) is 13.1 Å². The average molecular weight is 298 g/mol. The van der Waals surface area contributed by atoms with Gasteiger partial charge in [0.2, 0.25) is 0 Å². The van der Waals surface area contributed by atoms with E-state index in [4.69, 9.17) is 11.6 Å². The minimum Gasteiger partial charge on any atom is -0.339 e. The molecule has 0 spiro atoms. The molecular formula is C13H16ClN3O3. The Morgan fingerprint density at radius 1 is 1.55 bits per heavy atom. The molecule has 1 saturated heterocycles. The van der Waals surface area contributed by atoms with E-state index in [1.54, 1.807) is 4.90 Å². The molecule has 0 aliphatic carbocycles. The van der Waals surface area contributed by atoms with E-state index in [0.29, 0.717) is 19.0 Å². The maximum Gasteiger partial charge on any atom is 0.288 e. The minimum atomic E-state index is -0.580. The predicted octanol–water partition coefficient (Wildman–Crippen LogP) is 2.91. The summed E-state index contributed by atoms with van der Waals surface area (Å²) in [4.78, 5) is 27.9. The van der Waals surface area contributed by atoms with Crippen LogP contribution in [0.3, 0.4) is 0 Å². The highest BCUT2D eigenvalue weighted by molar-refractivity contribution is 6.32. The first-order valence-corrected chi connectivity index (χ1v) is 7.00. The summed E-state index contributed by atoms with van der Waals surface area (Å²) in [5, 5.41) is 10.8. The smallest absolute Gasteiger partial charge is 0.288 e. The van der Waals surface area contributed by atoms with Crippen LogP contribution < -0.4 is 0 Å². The largest absolute Gasteiger partial charge is 0.339 e. The molecule has 0 N–H and O–H groups in total. The van der Waals surface area contributed by atoms with Crippen LogP contribution in [0, 0.1) is 16.0 Å². The number of halogens is 1. The summed E-state index contributed by atoms with van der Waals surface area (Å²) in [6.45, 7) is 3.47. The number of carbonyl (C=O) groups excluding carboxylic acids is 1. The highest BCUT2D eigenvalue weighted by Gasteiger charge is 2.26. The number of aromatic nitrogens is 1. The molecule has 1 aliphatic rings. The second-order valence-corrected chi connectivity index (χ2v) is 5.29. The number of pyridine rings is 1. The molecule has 0 saturated carbocycles. The van der Waals surface area contributed by atoms with Crippen LogP contribution >= 0.6 is 11.6 Å². The van der Waals surface area contributed by atoms with E-state index in [1.165, 1.54) is 6.07 Å². The Bertz CT molecular complexity index is 528. The van der Waals surface area contributed by atoms with Gasteiger partial charge in [-0.2, -0.15) is 0 Å². The first-order chi connectivity index (χ1) is 9.52. The van der Waals surface area contributed by atoms with Gasteiger partial charge in [-0.05, 0) is 18.8 Å². The van der Waals surface area contributed by atoms with E-state index in [2.05, 4.69) is 11.9 Å². The summed E-state index contributed by atoms with van der Waals surface area (Å²) in [7, 11) is 0. The van der Waals surface area contributed by atoms with Gasteiger partial charge in [-0.1, -0.05) is 24.9 Å². The molecule has 0 radical (unpaired) electrons. The van der Waals surface area contributed by atoms with Crippen molar-refractivity contribution in [3.63, 3.8) is 0 Å². The van der Waals surface area contributed by atoms with Gasteiger partial charge in [0.15, 0.2) is 0 Å². The minimum absolute atomic E-state index is 0.0122. The second kappa shape index (κ2) is 6.17. The number of rotatable bonds is 3. The Kier molecular flexibility index (Phi) is 4.54. The van der Waals surface area contributed by atoms with Crippen LogP contribution in [-0.4, -0.2) is 33.8 Å². The molecular weight excluding hydrogens is 282 g/mol. The van der Waals surface area contributed by atoms with Gasteiger partial charge in [0, 0.05) is 19.2 Å². The second-order valence-electron chi connectivity index (χ2n) is 4.93. The maximum absolute atomic E-state index is 12.4. The third kappa shape index (κ3) is 3.07. The van der Waals surface area contributed by atoms with Crippen LogP contribution in [0.2, 0.25) is 5.15 Å². The van der Waals surface area contributed by atoms with Gasteiger partial charge in [-0.25, -0.2) is 4.98 Å². The van der Waals surface area contributed by atoms with E-state index >= 15 is 0 Å². The summed E-state index contributed by atoms with van der Waals surface area (Å²) < 4.78 is 0. The van der Waals surface area contributed by atoms with Gasteiger partial charge in [0.25, 0.3) is 11.6 Å². The van der Waals surface area contributed by atoms with Crippen molar-refractivity contribution in [2.45, 2.75) is 26.2 Å². The monoisotopic (exact) mass is 297 g/mol. The summed E-state index contributed by atoms with van der Waals surface area (Å²) >= 11 is 5.89. The molecule has 0 bridgehead atoms. The van der Waals surface area contributed by atoms with Crippen molar-refractivity contribution in [3.8, 4) is 0 Å². The van der Waals surface area contributed by atoms with Gasteiger partial charge in [0.1, 0.15) is 11.3 Å². The van der Waals surface area contributed by atoms with Gasteiger partial charge in [-0.3, -0.25) is 14.9 Å². The fourth-order valence-electron chi connectivity index (χ4n) is 2.40. The van der Waals surface area contributed by atoms with Crippen molar-refractivity contribution in [1.82, 2.24) is 9.88 Å². The standard InChI is InChI=1S/C13H16ClN3O3/c1-2-9-3-5-16(6-4-9)13(18)11-7-10(17(19)20)8-15-12(11)14/h7-9H,2-6H2,1H3. The zero-order chi connectivity index (χ0) is 14.7. The third-order valence-corrected chi connectivity index (χ3v) is 4.05. The SMILES string of the molecule is CCC1CCN(C(=O)c2cc([N+](=O)[O-])cnc2Cl)CC1. The lowest BCUT2D eigenvalue weighted by Gasteiger charge is -2.31. The summed E-state index contributed by atoms with van der Waals surface area (Å²) in [6.07, 6.45) is 4.09. The highest BCUT2D eigenvalue weighted by Crippen LogP contribution is 2.25. The highest BCUT2D eigenvalue weighted by atomic mass is 35.5. The fourth-order valence-corrected chi connectivity index (χ4v) is 2.59. The van der Waals surface area contributed by atoms with Gasteiger partial charge >= 0.3 is 0 Å². The topological polar surface area (TPSA) is 76.3 Å². The third-order valence-electron chi connectivity index (χ3n) is 3.74. The number of likely N-dealkylation sites (tertiary alicyclic amines) is 1. The number of amides is 1. The van der Waals surface area contributed by atoms with E-state index in [0.717, 1.165) is 25.5 Å². The number of nitrogens with zero attached hydrogens (tertiary/aromatic N) is 3. The molecule has 1 aromatic heterocycles. The van der Waals surface area contributed by atoms with Crippen LogP contribution in [0.4, 0.5) is 5.69 Å². The summed E-state index contributed by atoms with van der Waals surface area (Å²) in [5.41, 5.74) is -0.114. The molecule has 20 heavy (non-hydrogen) atoms. The number of nitro groups is 1. The van der Waals surface area contributed by atoms with Crippen LogP contribution in [-0.2, 0) is 0 Å². The van der Waals surface area contributed by atoms with Crippen LogP contribution in [0.25, 0.3) is 0 Å². The van der Waals surface area contributed by atoms with Gasteiger partial charge < -0.3 is 4.90 Å². The molecule has 6 nitrogen and oxygen atoms in total. The van der Waals surface area contributed by atoms with Crippen molar-refractivity contribution in [3.05, 3.63) is 33.1 Å². The molecule has 0 aromatic carbocycles. The summed E-state index contributed by atoms with van der Waals surface area (Å²) in [5.74, 6) is 0.374. The summed E-state index contributed by atoms with van der Waals surface area (Å²) in [6, 6.07) is 1.20. The van der Waals surface area contributed by atoms with Gasteiger partial charge in [0.05, 0.1) is 10.5 Å². The first-order valence-electron chi connectivity index (χ1n) is 6.62. The Morgan fingerprint density at radius 2 is 2.20 bits per heavy atom. The van der Waals surface area contributed by atoms with E-state index < -0.39 is 4.92 Å². The molecule has 1 aliphatic heterocycles.